The van der Waals surface area contributed by atoms with Crippen molar-refractivity contribution >= 4 is 33.8 Å². The third-order valence-corrected chi connectivity index (χ3v) is 5.09. The zero-order valence-electron chi connectivity index (χ0n) is 15.6. The fourth-order valence-electron chi connectivity index (χ4n) is 2.71. The van der Waals surface area contributed by atoms with Crippen molar-refractivity contribution in [1.82, 2.24) is 4.98 Å². The molecule has 0 unspecified atom stereocenters. The number of amides is 1. The summed E-state index contributed by atoms with van der Waals surface area (Å²) in [5.74, 6) is 0.0683. The monoisotopic (exact) mass is 409 g/mol. The van der Waals surface area contributed by atoms with Gasteiger partial charge < -0.3 is 4.74 Å². The van der Waals surface area contributed by atoms with E-state index in [2.05, 4.69) is 20.3 Å². The minimum absolute atomic E-state index is 0.330. The van der Waals surface area contributed by atoms with Crippen LogP contribution in [0.25, 0.3) is 11.3 Å². The Hall–Kier alpha value is -3.46. The highest BCUT2D eigenvalue weighted by molar-refractivity contribution is 7.14. The summed E-state index contributed by atoms with van der Waals surface area (Å²) in [6.45, 7) is 1.71. The number of thiazole rings is 1. The molecular formula is C20H16FN5O2S. The number of benzene rings is 2. The Morgan fingerprint density at radius 1 is 1.14 bits per heavy atom. The van der Waals surface area contributed by atoms with Crippen molar-refractivity contribution in [2.45, 2.75) is 13.0 Å². The number of carbonyl (C=O) groups is 1. The molecule has 0 bridgehead atoms. The largest absolute Gasteiger partial charge is 0.497 e. The lowest BCUT2D eigenvalue weighted by Crippen LogP contribution is -2.29. The maximum Gasteiger partial charge on any atom is 0.282 e. The van der Waals surface area contributed by atoms with Crippen LogP contribution in [0.5, 0.6) is 5.75 Å². The second-order valence-corrected chi connectivity index (χ2v) is 7.07. The van der Waals surface area contributed by atoms with Crippen LogP contribution >= 0.6 is 11.3 Å². The summed E-state index contributed by atoms with van der Waals surface area (Å²) in [4.78, 5) is 17.3. The predicted molar refractivity (Wildman–Crippen MR) is 109 cm³/mol. The molecule has 3 aromatic rings. The second kappa shape index (κ2) is 7.88. The Labute approximate surface area is 170 Å². The van der Waals surface area contributed by atoms with Gasteiger partial charge in [-0.1, -0.05) is 0 Å². The van der Waals surface area contributed by atoms with Crippen LogP contribution in [0.4, 0.5) is 15.2 Å². The van der Waals surface area contributed by atoms with Crippen molar-refractivity contribution in [2.24, 2.45) is 15.3 Å². The summed E-state index contributed by atoms with van der Waals surface area (Å²) in [6, 6.07) is 12.2. The van der Waals surface area contributed by atoms with E-state index in [1.165, 1.54) is 40.6 Å². The highest BCUT2D eigenvalue weighted by Gasteiger charge is 2.36. The summed E-state index contributed by atoms with van der Waals surface area (Å²) < 4.78 is 18.2. The van der Waals surface area contributed by atoms with E-state index < -0.39 is 6.04 Å². The highest BCUT2D eigenvalue weighted by atomic mass is 32.1. The summed E-state index contributed by atoms with van der Waals surface area (Å²) in [5.41, 5.74) is 2.63. The number of hydrogen-bond acceptors (Lipinski definition) is 7. The zero-order valence-corrected chi connectivity index (χ0v) is 16.4. The third-order valence-electron chi connectivity index (χ3n) is 4.27. The summed E-state index contributed by atoms with van der Waals surface area (Å²) in [7, 11) is 1.61. The minimum Gasteiger partial charge on any atom is -0.497 e. The molecule has 0 aliphatic carbocycles. The van der Waals surface area contributed by atoms with E-state index in [9.17, 15) is 9.18 Å². The van der Waals surface area contributed by atoms with Crippen molar-refractivity contribution in [3.63, 3.8) is 0 Å². The maximum absolute atomic E-state index is 13.0. The van der Waals surface area contributed by atoms with Crippen LogP contribution < -0.4 is 9.75 Å². The molecule has 7 nitrogen and oxygen atoms in total. The Morgan fingerprint density at radius 2 is 1.86 bits per heavy atom. The van der Waals surface area contributed by atoms with E-state index in [0.29, 0.717) is 16.5 Å². The fourth-order valence-corrected chi connectivity index (χ4v) is 3.50. The molecule has 0 saturated heterocycles. The van der Waals surface area contributed by atoms with Gasteiger partial charge in [-0.2, -0.15) is 20.3 Å². The molecule has 1 amide bonds. The molecule has 1 atom stereocenters. The second-order valence-electron chi connectivity index (χ2n) is 6.23. The number of aromatic nitrogens is 1. The average molecular weight is 409 g/mol. The number of azo groups is 1. The predicted octanol–water partition coefficient (Wildman–Crippen LogP) is 4.83. The SMILES string of the molecule is COc1ccc(-c2csc(N3N=C(C)[C@@H](N=Nc4ccc(F)cc4)C3=O)n2)cc1. The number of nitrogens with zero attached hydrogens (tertiary/aromatic N) is 5. The number of methoxy groups -OCH3 is 1. The fraction of sp³-hybridized carbons (Fsp3) is 0.150. The van der Waals surface area contributed by atoms with Crippen molar-refractivity contribution in [3.05, 3.63) is 59.7 Å². The van der Waals surface area contributed by atoms with Gasteiger partial charge in [-0.3, -0.25) is 4.79 Å². The van der Waals surface area contributed by atoms with E-state index in [1.807, 2.05) is 29.6 Å². The van der Waals surface area contributed by atoms with Crippen molar-refractivity contribution in [2.75, 3.05) is 12.1 Å². The smallest absolute Gasteiger partial charge is 0.282 e. The van der Waals surface area contributed by atoms with Crippen molar-refractivity contribution in [1.29, 1.82) is 0 Å². The lowest BCUT2D eigenvalue weighted by molar-refractivity contribution is -0.117. The number of halogens is 1. The van der Waals surface area contributed by atoms with Gasteiger partial charge in [0.05, 0.1) is 24.2 Å². The molecule has 0 radical (unpaired) electrons. The molecule has 0 saturated carbocycles. The first-order chi connectivity index (χ1) is 14.0. The van der Waals surface area contributed by atoms with Crippen molar-refractivity contribution < 1.29 is 13.9 Å². The molecule has 146 valence electrons. The number of rotatable bonds is 5. The molecule has 2 heterocycles. The summed E-state index contributed by atoms with van der Waals surface area (Å²) in [5, 5.41) is 16.0. The number of hydrazone groups is 1. The van der Waals surface area contributed by atoms with Gasteiger partial charge >= 0.3 is 0 Å². The van der Waals surface area contributed by atoms with Gasteiger partial charge in [0.2, 0.25) is 5.13 Å². The Kier molecular flexibility index (Phi) is 5.13. The van der Waals surface area contributed by atoms with Crippen LogP contribution in [-0.2, 0) is 4.79 Å². The first-order valence-electron chi connectivity index (χ1n) is 8.70. The molecule has 29 heavy (non-hydrogen) atoms. The highest BCUT2D eigenvalue weighted by Crippen LogP contribution is 2.31. The van der Waals surface area contributed by atoms with E-state index in [1.54, 1.807) is 14.0 Å². The van der Waals surface area contributed by atoms with Crippen LogP contribution in [0.3, 0.4) is 0 Å². The van der Waals surface area contributed by atoms with Crippen LogP contribution in [0, 0.1) is 5.82 Å². The van der Waals surface area contributed by atoms with Crippen LogP contribution in [-0.4, -0.2) is 29.8 Å². The molecule has 9 heteroatoms. The lowest BCUT2D eigenvalue weighted by Gasteiger charge is -2.08. The number of carbonyl (C=O) groups excluding carboxylic acids is 1. The van der Waals surface area contributed by atoms with Gasteiger partial charge in [0.15, 0.2) is 6.04 Å². The molecular weight excluding hydrogens is 393 g/mol. The van der Waals surface area contributed by atoms with Gasteiger partial charge in [0, 0.05) is 10.9 Å². The van der Waals surface area contributed by atoms with Crippen LogP contribution in [0.15, 0.2) is 69.2 Å². The average Bonchev–Trinajstić information content (AvgIpc) is 3.33. The third kappa shape index (κ3) is 3.90. The summed E-state index contributed by atoms with van der Waals surface area (Å²) >= 11 is 1.32. The van der Waals surface area contributed by atoms with Crippen LogP contribution in [0.1, 0.15) is 6.92 Å². The molecule has 2 aromatic carbocycles. The molecule has 1 aliphatic rings. The Morgan fingerprint density at radius 3 is 2.55 bits per heavy atom. The normalized spacial score (nSPS) is 16.5. The standard InChI is InChI=1S/C20H16FN5O2S/c1-12-18(24-23-15-7-5-14(21)6-8-15)19(27)26(25-12)20-22-17(11-29-20)13-3-9-16(28-2)10-4-13/h3-11,18H,1-2H3/t18-/m1/s1. The topological polar surface area (TPSA) is 79.5 Å². The lowest BCUT2D eigenvalue weighted by atomic mass is 10.2. The van der Waals surface area contributed by atoms with Crippen LogP contribution in [0.2, 0.25) is 0 Å². The molecule has 0 fully saturated rings. The molecule has 0 N–H and O–H groups in total. The van der Waals surface area contributed by atoms with Gasteiger partial charge in [0.25, 0.3) is 5.91 Å². The molecule has 1 aromatic heterocycles. The van der Waals surface area contributed by atoms with Crippen molar-refractivity contribution in [3.8, 4) is 17.0 Å². The number of anilines is 1. The molecule has 1 aliphatic heterocycles. The number of hydrogen-bond donors (Lipinski definition) is 0. The van der Waals surface area contributed by atoms with E-state index in [0.717, 1.165) is 17.0 Å². The quantitative estimate of drug-likeness (QED) is 0.566. The van der Waals surface area contributed by atoms with Gasteiger partial charge in [0.1, 0.15) is 11.6 Å². The van der Waals surface area contributed by atoms with E-state index >= 15 is 0 Å². The minimum atomic E-state index is -0.826. The van der Waals surface area contributed by atoms with Gasteiger partial charge in [-0.25, -0.2) is 9.37 Å². The molecule has 0 spiro atoms. The maximum atomic E-state index is 13.0. The van der Waals surface area contributed by atoms with Gasteiger partial charge in [-0.05, 0) is 55.5 Å². The zero-order chi connectivity index (χ0) is 20.4. The number of ether oxygens (including phenoxy) is 1. The van der Waals surface area contributed by atoms with Gasteiger partial charge in [-0.15, -0.1) is 11.3 Å². The Bertz CT molecular complexity index is 1090. The first kappa shape index (κ1) is 18.9. The first-order valence-corrected chi connectivity index (χ1v) is 9.58. The van der Waals surface area contributed by atoms with E-state index in [4.69, 9.17) is 4.74 Å². The van der Waals surface area contributed by atoms with E-state index in [-0.39, 0.29) is 11.7 Å². The summed E-state index contributed by atoms with van der Waals surface area (Å²) in [6.07, 6.45) is 0. The Balaban J connectivity index is 1.52. The molecule has 4 rings (SSSR count).